The van der Waals surface area contributed by atoms with Gasteiger partial charge in [-0.25, -0.2) is 4.68 Å². The van der Waals surface area contributed by atoms with Gasteiger partial charge in [0.05, 0.1) is 6.67 Å². The molecule has 0 saturated heterocycles. The van der Waals surface area contributed by atoms with Gasteiger partial charge in [0.2, 0.25) is 0 Å². The molecule has 2 aromatic rings. The number of aromatic nitrogens is 2. The largest absolute Gasteiger partial charge is 0.278 e. The molecule has 1 aromatic carbocycles. The number of hydrogen-bond donors (Lipinski definition) is 0. The summed E-state index contributed by atoms with van der Waals surface area (Å²) in [6, 6.07) is 11.0. The average molecular weight is 326 g/mol. The van der Waals surface area contributed by atoms with Gasteiger partial charge in [0.15, 0.2) is 8.29 Å². The summed E-state index contributed by atoms with van der Waals surface area (Å²) >= 11 is 8.61. The van der Waals surface area contributed by atoms with Crippen molar-refractivity contribution in [2.75, 3.05) is 6.26 Å². The molecule has 1 heterocycles. The van der Waals surface area contributed by atoms with Gasteiger partial charge in [0, 0.05) is 12.6 Å². The fourth-order valence-corrected chi connectivity index (χ4v) is 3.58. The fraction of sp³-hybridized carbons (Fsp3) is 0.429. The lowest BCUT2D eigenvalue weighted by Gasteiger charge is -2.26. The van der Waals surface area contributed by atoms with E-state index in [1.807, 2.05) is 17.0 Å². The third-order valence-corrected chi connectivity index (χ3v) is 5.32. The predicted molar refractivity (Wildman–Crippen MR) is 89.8 cm³/mol. The third-order valence-electron chi connectivity index (χ3n) is 3.04. The standard InChI is InChI=1S/C14H19N3S3/c1-11(2)16(9-12-7-5-4-6-8-12)10-17-14(18)20-13(15-17)19-3/h4-8,11H,9-10H2,1-3H3. The Morgan fingerprint density at radius 3 is 2.60 bits per heavy atom. The van der Waals surface area contributed by atoms with E-state index in [9.17, 15) is 0 Å². The van der Waals surface area contributed by atoms with Crippen LogP contribution in [0.2, 0.25) is 0 Å². The Morgan fingerprint density at radius 2 is 2.05 bits per heavy atom. The van der Waals surface area contributed by atoms with Crippen molar-refractivity contribution in [2.45, 2.75) is 37.4 Å². The summed E-state index contributed by atoms with van der Waals surface area (Å²) in [7, 11) is 0. The van der Waals surface area contributed by atoms with Crippen LogP contribution in [-0.4, -0.2) is 27.0 Å². The average Bonchev–Trinajstić information content (AvgIpc) is 2.80. The molecule has 0 aliphatic rings. The molecule has 20 heavy (non-hydrogen) atoms. The molecule has 0 amide bonds. The molecule has 1 aromatic heterocycles. The summed E-state index contributed by atoms with van der Waals surface area (Å²) in [5.74, 6) is 0. The second-order valence-electron chi connectivity index (χ2n) is 4.81. The minimum Gasteiger partial charge on any atom is -0.278 e. The van der Waals surface area contributed by atoms with Crippen LogP contribution in [0.3, 0.4) is 0 Å². The van der Waals surface area contributed by atoms with Gasteiger partial charge in [0.25, 0.3) is 0 Å². The lowest BCUT2D eigenvalue weighted by atomic mass is 10.2. The minimum atomic E-state index is 0.441. The first-order valence-electron chi connectivity index (χ1n) is 6.50. The van der Waals surface area contributed by atoms with Gasteiger partial charge < -0.3 is 0 Å². The van der Waals surface area contributed by atoms with E-state index in [-0.39, 0.29) is 0 Å². The van der Waals surface area contributed by atoms with Gasteiger partial charge in [-0.2, -0.15) is 5.10 Å². The summed E-state index contributed by atoms with van der Waals surface area (Å²) in [6.07, 6.45) is 2.03. The Balaban J connectivity index is 2.13. The summed E-state index contributed by atoms with van der Waals surface area (Å²) in [4.78, 5) is 2.37. The van der Waals surface area contributed by atoms with Crippen molar-refractivity contribution in [3.8, 4) is 0 Å². The van der Waals surface area contributed by atoms with Gasteiger partial charge in [-0.15, -0.1) is 0 Å². The smallest absolute Gasteiger partial charge is 0.181 e. The maximum absolute atomic E-state index is 5.39. The van der Waals surface area contributed by atoms with Crippen molar-refractivity contribution < 1.29 is 0 Å². The van der Waals surface area contributed by atoms with Crippen LogP contribution in [0.4, 0.5) is 0 Å². The molecule has 3 nitrogen and oxygen atoms in total. The van der Waals surface area contributed by atoms with Crippen LogP contribution in [0, 0.1) is 3.95 Å². The fourth-order valence-electron chi connectivity index (χ4n) is 1.84. The van der Waals surface area contributed by atoms with Gasteiger partial charge in [-0.1, -0.05) is 53.4 Å². The van der Waals surface area contributed by atoms with E-state index >= 15 is 0 Å². The summed E-state index contributed by atoms with van der Waals surface area (Å²) in [5.41, 5.74) is 1.31. The highest BCUT2D eigenvalue weighted by molar-refractivity contribution is 8.00. The normalized spacial score (nSPS) is 11.4. The molecule has 108 valence electrons. The Bertz CT molecular complexity index is 589. The van der Waals surface area contributed by atoms with Crippen LogP contribution in [0.25, 0.3) is 0 Å². The molecule has 0 spiro atoms. The van der Waals surface area contributed by atoms with E-state index in [1.54, 1.807) is 23.1 Å². The summed E-state index contributed by atoms with van der Waals surface area (Å²) < 4.78 is 3.79. The second kappa shape index (κ2) is 7.36. The Labute approximate surface area is 133 Å². The first-order chi connectivity index (χ1) is 9.60. The second-order valence-corrected chi connectivity index (χ2v) is 7.48. The van der Waals surface area contributed by atoms with E-state index in [0.717, 1.165) is 21.5 Å². The lowest BCUT2D eigenvalue weighted by Crippen LogP contribution is -2.32. The van der Waals surface area contributed by atoms with Gasteiger partial charge in [-0.3, -0.25) is 4.90 Å². The molecule has 0 radical (unpaired) electrons. The van der Waals surface area contributed by atoms with Crippen molar-refractivity contribution in [1.29, 1.82) is 0 Å². The maximum Gasteiger partial charge on any atom is 0.181 e. The van der Waals surface area contributed by atoms with Crippen molar-refractivity contribution in [3.05, 3.63) is 39.8 Å². The van der Waals surface area contributed by atoms with Crippen molar-refractivity contribution >= 4 is 35.3 Å². The minimum absolute atomic E-state index is 0.441. The zero-order valence-corrected chi connectivity index (χ0v) is 14.4. The van der Waals surface area contributed by atoms with Crippen LogP contribution < -0.4 is 0 Å². The van der Waals surface area contributed by atoms with Crippen LogP contribution in [-0.2, 0) is 13.2 Å². The monoisotopic (exact) mass is 325 g/mol. The van der Waals surface area contributed by atoms with Gasteiger partial charge >= 0.3 is 0 Å². The summed E-state index contributed by atoms with van der Waals surface area (Å²) in [6.45, 7) is 6.05. The number of hydrogen-bond acceptors (Lipinski definition) is 5. The number of rotatable bonds is 6. The van der Waals surface area contributed by atoms with E-state index < -0.39 is 0 Å². The van der Waals surface area contributed by atoms with E-state index in [1.165, 1.54) is 5.56 Å². The Morgan fingerprint density at radius 1 is 1.35 bits per heavy atom. The topological polar surface area (TPSA) is 21.1 Å². The molecular weight excluding hydrogens is 306 g/mol. The lowest BCUT2D eigenvalue weighted by molar-refractivity contribution is 0.153. The highest BCUT2D eigenvalue weighted by atomic mass is 32.2. The number of benzene rings is 1. The van der Waals surface area contributed by atoms with Gasteiger partial charge in [-0.05, 0) is 37.9 Å². The first kappa shape index (κ1) is 15.7. The molecule has 0 unspecified atom stereocenters. The Kier molecular flexibility index (Phi) is 5.77. The van der Waals surface area contributed by atoms with Crippen molar-refractivity contribution in [2.24, 2.45) is 0 Å². The van der Waals surface area contributed by atoms with E-state index in [0.29, 0.717) is 6.04 Å². The zero-order valence-electron chi connectivity index (χ0n) is 11.9. The summed E-state index contributed by atoms with van der Waals surface area (Å²) in [5, 5.41) is 4.54. The molecular formula is C14H19N3S3. The molecule has 6 heteroatoms. The van der Waals surface area contributed by atoms with Crippen LogP contribution in [0.5, 0.6) is 0 Å². The van der Waals surface area contributed by atoms with Gasteiger partial charge in [0.1, 0.15) is 0 Å². The predicted octanol–water partition coefficient (Wildman–Crippen LogP) is 4.26. The van der Waals surface area contributed by atoms with E-state index in [2.05, 4.69) is 48.1 Å². The highest BCUT2D eigenvalue weighted by Crippen LogP contribution is 2.20. The number of nitrogens with zero attached hydrogens (tertiary/aromatic N) is 3. The third kappa shape index (κ3) is 4.15. The van der Waals surface area contributed by atoms with Crippen LogP contribution >= 0.6 is 35.3 Å². The molecule has 0 bridgehead atoms. The molecule has 0 atom stereocenters. The maximum atomic E-state index is 5.39. The quantitative estimate of drug-likeness (QED) is 0.584. The first-order valence-corrected chi connectivity index (χ1v) is 8.95. The van der Waals surface area contributed by atoms with Crippen molar-refractivity contribution in [3.63, 3.8) is 0 Å². The molecule has 0 fully saturated rings. The molecule has 0 saturated carbocycles. The Hall–Kier alpha value is -0.690. The zero-order chi connectivity index (χ0) is 14.5. The van der Waals surface area contributed by atoms with Crippen LogP contribution in [0.1, 0.15) is 19.4 Å². The highest BCUT2D eigenvalue weighted by Gasteiger charge is 2.13. The molecule has 2 rings (SSSR count). The van der Waals surface area contributed by atoms with E-state index in [4.69, 9.17) is 12.2 Å². The SMILES string of the molecule is CSc1nn(CN(Cc2ccccc2)C(C)C)c(=S)s1. The molecule has 0 aliphatic carbocycles. The van der Waals surface area contributed by atoms with Crippen LogP contribution in [0.15, 0.2) is 34.7 Å². The molecule has 0 aliphatic heterocycles. The number of thioether (sulfide) groups is 1. The van der Waals surface area contributed by atoms with Crippen molar-refractivity contribution in [1.82, 2.24) is 14.7 Å². The molecule has 0 N–H and O–H groups in total.